The van der Waals surface area contributed by atoms with Crippen LogP contribution >= 0.6 is 0 Å². The summed E-state index contributed by atoms with van der Waals surface area (Å²) in [6, 6.07) is 0.263. The predicted octanol–water partition coefficient (Wildman–Crippen LogP) is 2.71. The molecule has 22 heavy (non-hydrogen) atoms. The highest BCUT2D eigenvalue weighted by Crippen LogP contribution is 2.33. The summed E-state index contributed by atoms with van der Waals surface area (Å²) in [5.74, 6) is -0.898. The van der Waals surface area contributed by atoms with Crippen LogP contribution in [0.5, 0.6) is 0 Å². The van der Waals surface area contributed by atoms with E-state index in [0.717, 1.165) is 38.5 Å². The Balaban J connectivity index is 1.37. The fraction of sp³-hybridized carbons (Fsp3) is 0.938. The van der Waals surface area contributed by atoms with Gasteiger partial charge in [-0.1, -0.05) is 25.7 Å². The van der Waals surface area contributed by atoms with Crippen LogP contribution in [0.4, 0.5) is 4.79 Å². The minimum atomic E-state index is -0.898. The second kappa shape index (κ2) is 7.62. The molecular formula is C16H27NO5. The molecule has 126 valence electrons. The minimum Gasteiger partial charge on any atom is -0.447 e. The highest BCUT2D eigenvalue weighted by atomic mass is 16.9. The van der Waals surface area contributed by atoms with E-state index in [1.807, 2.05) is 0 Å². The largest absolute Gasteiger partial charge is 0.447 e. The van der Waals surface area contributed by atoms with Gasteiger partial charge in [-0.15, -0.1) is 0 Å². The van der Waals surface area contributed by atoms with Gasteiger partial charge in [-0.25, -0.2) is 4.79 Å². The summed E-state index contributed by atoms with van der Waals surface area (Å²) in [6.07, 6.45) is 9.11. The van der Waals surface area contributed by atoms with Crippen LogP contribution in [0.15, 0.2) is 0 Å². The van der Waals surface area contributed by atoms with E-state index in [0.29, 0.717) is 13.2 Å². The van der Waals surface area contributed by atoms with E-state index in [-0.39, 0.29) is 24.8 Å². The van der Waals surface area contributed by atoms with Gasteiger partial charge in [0.25, 0.3) is 5.97 Å². The number of amides is 1. The van der Waals surface area contributed by atoms with Crippen LogP contribution in [-0.2, 0) is 18.9 Å². The van der Waals surface area contributed by atoms with Gasteiger partial charge in [0.15, 0.2) is 0 Å². The van der Waals surface area contributed by atoms with Gasteiger partial charge in [-0.2, -0.15) is 0 Å². The van der Waals surface area contributed by atoms with Crippen LogP contribution in [-0.4, -0.2) is 44.0 Å². The van der Waals surface area contributed by atoms with Crippen molar-refractivity contribution in [3.8, 4) is 0 Å². The van der Waals surface area contributed by atoms with E-state index in [1.165, 1.54) is 19.3 Å². The molecule has 0 bridgehead atoms. The molecule has 0 aromatic rings. The van der Waals surface area contributed by atoms with E-state index >= 15 is 0 Å². The van der Waals surface area contributed by atoms with Gasteiger partial charge in [0.1, 0.15) is 12.7 Å². The first-order valence-corrected chi connectivity index (χ1v) is 8.65. The van der Waals surface area contributed by atoms with Gasteiger partial charge in [-0.05, 0) is 25.7 Å². The lowest BCUT2D eigenvalue weighted by atomic mass is 9.96. The van der Waals surface area contributed by atoms with Crippen LogP contribution in [0.1, 0.15) is 57.8 Å². The van der Waals surface area contributed by atoms with Crippen molar-refractivity contribution in [3.05, 3.63) is 0 Å². The first-order chi connectivity index (χ1) is 10.8. The second-order valence-electron chi connectivity index (χ2n) is 6.47. The number of hydrogen-bond donors (Lipinski definition) is 1. The van der Waals surface area contributed by atoms with Gasteiger partial charge in [0, 0.05) is 12.5 Å². The number of carbonyl (C=O) groups is 1. The van der Waals surface area contributed by atoms with Crippen molar-refractivity contribution in [1.29, 1.82) is 0 Å². The van der Waals surface area contributed by atoms with Crippen molar-refractivity contribution in [2.24, 2.45) is 0 Å². The number of hydrogen-bond acceptors (Lipinski definition) is 5. The van der Waals surface area contributed by atoms with Crippen LogP contribution < -0.4 is 5.32 Å². The van der Waals surface area contributed by atoms with E-state index in [1.54, 1.807) is 0 Å². The average Bonchev–Trinajstić information content (AvgIpc) is 2.78. The van der Waals surface area contributed by atoms with Crippen LogP contribution in [0.25, 0.3) is 0 Å². The van der Waals surface area contributed by atoms with Crippen molar-refractivity contribution in [3.63, 3.8) is 0 Å². The molecule has 6 heteroatoms. The smallest absolute Gasteiger partial charge is 0.407 e. The Kier molecular flexibility index (Phi) is 5.55. The second-order valence-corrected chi connectivity index (χ2v) is 6.47. The monoisotopic (exact) mass is 313 g/mol. The molecule has 3 aliphatic rings. The molecule has 3 rings (SSSR count). The summed E-state index contributed by atoms with van der Waals surface area (Å²) < 4.78 is 22.6. The molecule has 2 heterocycles. The minimum absolute atomic E-state index is 0.212. The molecule has 6 nitrogen and oxygen atoms in total. The molecule has 0 aromatic carbocycles. The lowest BCUT2D eigenvalue weighted by Gasteiger charge is -2.26. The number of nitrogens with one attached hydrogen (secondary N) is 1. The van der Waals surface area contributed by atoms with Crippen molar-refractivity contribution in [2.45, 2.75) is 75.9 Å². The Morgan fingerprint density at radius 1 is 1.09 bits per heavy atom. The molecule has 2 aliphatic heterocycles. The van der Waals surface area contributed by atoms with Crippen molar-refractivity contribution < 1.29 is 23.7 Å². The van der Waals surface area contributed by atoms with Gasteiger partial charge in [0.2, 0.25) is 0 Å². The topological polar surface area (TPSA) is 66.0 Å². The summed E-state index contributed by atoms with van der Waals surface area (Å²) in [6.45, 7) is 1.29. The first kappa shape index (κ1) is 16.0. The highest BCUT2D eigenvalue weighted by Gasteiger charge is 2.43. The van der Waals surface area contributed by atoms with Gasteiger partial charge in [0.05, 0.1) is 13.2 Å². The molecule has 1 N–H and O–H groups in total. The van der Waals surface area contributed by atoms with Crippen LogP contribution in [0, 0.1) is 0 Å². The summed E-state index contributed by atoms with van der Waals surface area (Å²) in [5.41, 5.74) is 0. The number of alkyl carbamates (subject to hydrolysis) is 1. The lowest BCUT2D eigenvalue weighted by molar-refractivity contribution is -0.337. The quantitative estimate of drug-likeness (QED) is 0.868. The molecule has 2 saturated heterocycles. The Hall–Kier alpha value is -0.850. The standard InChI is InChI=1S/C16H27NO5/c18-15(17-13-7-3-1-4-8-13)19-11-14-12-21-16(22-14)9-5-2-6-10-20-16/h13-14H,1-12H2,(H,17,18). The Labute approximate surface area is 131 Å². The van der Waals surface area contributed by atoms with Gasteiger partial charge < -0.3 is 24.3 Å². The zero-order valence-electron chi connectivity index (χ0n) is 13.2. The van der Waals surface area contributed by atoms with Gasteiger partial charge in [-0.3, -0.25) is 0 Å². The van der Waals surface area contributed by atoms with E-state index < -0.39 is 5.97 Å². The number of ether oxygens (including phenoxy) is 4. The maximum Gasteiger partial charge on any atom is 0.407 e. The highest BCUT2D eigenvalue weighted by molar-refractivity contribution is 5.67. The Morgan fingerprint density at radius 3 is 2.77 bits per heavy atom. The summed E-state index contributed by atoms with van der Waals surface area (Å²) in [7, 11) is 0. The van der Waals surface area contributed by atoms with Crippen LogP contribution in [0.3, 0.4) is 0 Å². The lowest BCUT2D eigenvalue weighted by Crippen LogP contribution is -2.38. The van der Waals surface area contributed by atoms with Crippen molar-refractivity contribution >= 4 is 6.09 Å². The van der Waals surface area contributed by atoms with Crippen molar-refractivity contribution in [1.82, 2.24) is 5.32 Å². The van der Waals surface area contributed by atoms with Crippen LogP contribution in [0.2, 0.25) is 0 Å². The molecule has 3 fully saturated rings. The van der Waals surface area contributed by atoms with Gasteiger partial charge >= 0.3 is 6.09 Å². The third kappa shape index (κ3) is 4.33. The normalized spacial score (nSPS) is 33.5. The SMILES string of the molecule is O=C(NC1CCCCC1)OCC1COC2(CCCCCO2)O1. The van der Waals surface area contributed by atoms with Crippen molar-refractivity contribution in [2.75, 3.05) is 19.8 Å². The first-order valence-electron chi connectivity index (χ1n) is 8.65. The third-order valence-electron chi connectivity index (χ3n) is 4.61. The molecule has 0 aromatic heterocycles. The fourth-order valence-corrected chi connectivity index (χ4v) is 3.37. The Morgan fingerprint density at radius 2 is 1.91 bits per heavy atom. The summed E-state index contributed by atoms with van der Waals surface area (Å²) in [4.78, 5) is 11.8. The number of carbonyl (C=O) groups excluding carboxylic acids is 1. The molecular weight excluding hydrogens is 286 g/mol. The Bertz CT molecular complexity index is 362. The van der Waals surface area contributed by atoms with E-state index in [2.05, 4.69) is 5.32 Å². The van der Waals surface area contributed by atoms with E-state index in [9.17, 15) is 4.79 Å². The van der Waals surface area contributed by atoms with E-state index in [4.69, 9.17) is 18.9 Å². The summed E-state index contributed by atoms with van der Waals surface area (Å²) >= 11 is 0. The predicted molar refractivity (Wildman–Crippen MR) is 79.3 cm³/mol. The zero-order chi connectivity index (χ0) is 15.3. The third-order valence-corrected chi connectivity index (χ3v) is 4.61. The molecule has 1 spiro atoms. The molecule has 1 amide bonds. The molecule has 2 unspecified atom stereocenters. The maximum absolute atomic E-state index is 11.8. The zero-order valence-corrected chi connectivity index (χ0v) is 13.2. The average molecular weight is 313 g/mol. The fourth-order valence-electron chi connectivity index (χ4n) is 3.37. The molecule has 1 aliphatic carbocycles. The summed E-state index contributed by atoms with van der Waals surface area (Å²) in [5, 5.41) is 2.94. The number of rotatable bonds is 3. The molecule has 1 saturated carbocycles. The maximum atomic E-state index is 11.8. The molecule has 2 atom stereocenters. The molecule has 0 radical (unpaired) electrons.